The van der Waals surface area contributed by atoms with Gasteiger partial charge in [0.1, 0.15) is 5.82 Å². The van der Waals surface area contributed by atoms with Gasteiger partial charge in [-0.1, -0.05) is 6.07 Å². The van der Waals surface area contributed by atoms with Crippen molar-refractivity contribution in [2.45, 2.75) is 20.4 Å². The molecule has 3 nitrogen and oxygen atoms in total. The number of aromatic nitrogens is 1. The number of rotatable bonds is 3. The summed E-state index contributed by atoms with van der Waals surface area (Å²) in [5.74, 6) is -0.369. The molecule has 0 amide bonds. The molecular weight excluding hydrogens is 249 g/mol. The fourth-order valence-electron chi connectivity index (χ4n) is 1.48. The SMILES string of the molecule is Cc1nc(NCc2ccc(C#N)cc2F)sc1C. The molecule has 1 aromatic heterocycles. The van der Waals surface area contributed by atoms with Gasteiger partial charge in [0.2, 0.25) is 0 Å². The molecule has 1 aromatic carbocycles. The van der Waals surface area contributed by atoms with Crippen molar-refractivity contribution < 1.29 is 4.39 Å². The van der Waals surface area contributed by atoms with Crippen LogP contribution in [0.1, 0.15) is 21.7 Å². The first-order valence-corrected chi connectivity index (χ1v) is 6.28. The molecule has 0 spiro atoms. The van der Waals surface area contributed by atoms with Crippen LogP contribution in [0.2, 0.25) is 0 Å². The largest absolute Gasteiger partial charge is 0.357 e. The Morgan fingerprint density at radius 3 is 2.78 bits per heavy atom. The van der Waals surface area contributed by atoms with Crippen molar-refractivity contribution in [1.82, 2.24) is 4.98 Å². The van der Waals surface area contributed by atoms with Crippen LogP contribution in [0.4, 0.5) is 9.52 Å². The topological polar surface area (TPSA) is 48.7 Å². The molecule has 0 fully saturated rings. The lowest BCUT2D eigenvalue weighted by molar-refractivity contribution is 0.612. The minimum absolute atomic E-state index is 0.331. The quantitative estimate of drug-likeness (QED) is 0.921. The summed E-state index contributed by atoms with van der Waals surface area (Å²) in [6, 6.07) is 6.38. The van der Waals surface area contributed by atoms with Gasteiger partial charge in [0.15, 0.2) is 5.13 Å². The predicted octanol–water partition coefficient (Wildman–Crippen LogP) is 3.38. The summed E-state index contributed by atoms with van der Waals surface area (Å²) < 4.78 is 13.6. The first-order valence-electron chi connectivity index (χ1n) is 5.46. The molecule has 0 bridgehead atoms. The van der Waals surface area contributed by atoms with Crippen LogP contribution in [0.5, 0.6) is 0 Å². The standard InChI is InChI=1S/C13H12FN3S/c1-8-9(2)18-13(17-8)16-7-11-4-3-10(6-15)5-12(11)14/h3-5H,7H2,1-2H3,(H,16,17). The van der Waals surface area contributed by atoms with Crippen molar-refractivity contribution >= 4 is 16.5 Å². The van der Waals surface area contributed by atoms with E-state index in [-0.39, 0.29) is 5.82 Å². The van der Waals surface area contributed by atoms with Gasteiger partial charge in [-0.3, -0.25) is 0 Å². The zero-order chi connectivity index (χ0) is 13.1. The van der Waals surface area contributed by atoms with E-state index >= 15 is 0 Å². The second kappa shape index (κ2) is 5.15. The van der Waals surface area contributed by atoms with E-state index in [0.717, 1.165) is 15.7 Å². The molecule has 92 valence electrons. The molecule has 0 aliphatic heterocycles. The second-order valence-corrected chi connectivity index (χ2v) is 5.14. The third-order valence-corrected chi connectivity index (χ3v) is 3.67. The summed E-state index contributed by atoms with van der Waals surface area (Å²) in [7, 11) is 0. The highest BCUT2D eigenvalue weighted by Crippen LogP contribution is 2.22. The van der Waals surface area contributed by atoms with Crippen LogP contribution in [0.3, 0.4) is 0 Å². The highest BCUT2D eigenvalue weighted by molar-refractivity contribution is 7.15. The molecule has 2 rings (SSSR count). The van der Waals surface area contributed by atoms with Crippen molar-refractivity contribution in [3.63, 3.8) is 0 Å². The predicted molar refractivity (Wildman–Crippen MR) is 70.0 cm³/mol. The van der Waals surface area contributed by atoms with E-state index in [0.29, 0.717) is 17.7 Å². The maximum absolute atomic E-state index is 13.6. The number of nitrogens with one attached hydrogen (secondary N) is 1. The molecule has 18 heavy (non-hydrogen) atoms. The van der Waals surface area contributed by atoms with E-state index < -0.39 is 0 Å². The van der Waals surface area contributed by atoms with Crippen molar-refractivity contribution in [3.8, 4) is 6.07 Å². The maximum Gasteiger partial charge on any atom is 0.183 e. The Bertz CT molecular complexity index is 594. The Labute approximate surface area is 109 Å². The molecule has 0 aliphatic rings. The molecule has 5 heteroatoms. The normalized spacial score (nSPS) is 10.1. The zero-order valence-corrected chi connectivity index (χ0v) is 10.9. The van der Waals surface area contributed by atoms with E-state index in [1.165, 1.54) is 6.07 Å². The fourth-order valence-corrected chi connectivity index (χ4v) is 2.29. The van der Waals surface area contributed by atoms with Crippen molar-refractivity contribution in [3.05, 3.63) is 45.7 Å². The van der Waals surface area contributed by atoms with Gasteiger partial charge in [-0.15, -0.1) is 11.3 Å². The highest BCUT2D eigenvalue weighted by Gasteiger charge is 2.06. The number of hydrogen-bond acceptors (Lipinski definition) is 4. The van der Waals surface area contributed by atoms with Gasteiger partial charge in [0, 0.05) is 17.0 Å². The van der Waals surface area contributed by atoms with E-state index in [1.54, 1.807) is 23.5 Å². The fraction of sp³-hybridized carbons (Fsp3) is 0.231. The maximum atomic E-state index is 13.6. The lowest BCUT2D eigenvalue weighted by Gasteiger charge is -2.04. The van der Waals surface area contributed by atoms with Crippen molar-refractivity contribution in [1.29, 1.82) is 5.26 Å². The summed E-state index contributed by atoms with van der Waals surface area (Å²) in [5.41, 5.74) is 1.85. The smallest absolute Gasteiger partial charge is 0.183 e. The lowest BCUT2D eigenvalue weighted by Crippen LogP contribution is -2.01. The van der Waals surface area contributed by atoms with Gasteiger partial charge in [0.25, 0.3) is 0 Å². The minimum Gasteiger partial charge on any atom is -0.357 e. The van der Waals surface area contributed by atoms with Crippen LogP contribution in [-0.2, 0) is 6.54 Å². The van der Waals surface area contributed by atoms with E-state index in [9.17, 15) is 4.39 Å². The minimum atomic E-state index is -0.369. The summed E-state index contributed by atoms with van der Waals surface area (Å²) in [6.07, 6.45) is 0. The van der Waals surface area contributed by atoms with E-state index in [1.807, 2.05) is 19.9 Å². The molecule has 0 saturated carbocycles. The molecule has 1 N–H and O–H groups in total. The van der Waals surface area contributed by atoms with Crippen LogP contribution in [0, 0.1) is 31.0 Å². The van der Waals surface area contributed by atoms with Gasteiger partial charge < -0.3 is 5.32 Å². The number of benzene rings is 1. The monoisotopic (exact) mass is 261 g/mol. The Morgan fingerprint density at radius 1 is 1.44 bits per heavy atom. The van der Waals surface area contributed by atoms with Gasteiger partial charge >= 0.3 is 0 Å². The number of aryl methyl sites for hydroxylation is 2. The number of hydrogen-bond donors (Lipinski definition) is 1. The Morgan fingerprint density at radius 2 is 2.22 bits per heavy atom. The molecule has 0 radical (unpaired) electrons. The summed E-state index contributed by atoms with van der Waals surface area (Å²) in [6.45, 7) is 4.31. The third kappa shape index (κ3) is 2.66. The molecular formula is C13H12FN3S. The Hall–Kier alpha value is -1.93. The van der Waals surface area contributed by atoms with E-state index in [2.05, 4.69) is 10.3 Å². The van der Waals surface area contributed by atoms with Gasteiger partial charge in [-0.25, -0.2) is 9.37 Å². The average Bonchev–Trinajstić information content (AvgIpc) is 2.67. The molecule has 2 aromatic rings. The number of halogens is 1. The van der Waals surface area contributed by atoms with Crippen molar-refractivity contribution in [2.24, 2.45) is 0 Å². The lowest BCUT2D eigenvalue weighted by atomic mass is 10.1. The van der Waals surface area contributed by atoms with Crippen LogP contribution < -0.4 is 5.32 Å². The molecule has 0 aliphatic carbocycles. The van der Waals surface area contributed by atoms with Crippen LogP contribution in [0.15, 0.2) is 18.2 Å². The Kier molecular flexibility index (Phi) is 3.58. The molecule has 0 atom stereocenters. The van der Waals surface area contributed by atoms with Gasteiger partial charge in [-0.2, -0.15) is 5.26 Å². The zero-order valence-electron chi connectivity index (χ0n) is 10.1. The Balaban J connectivity index is 2.09. The first kappa shape index (κ1) is 12.5. The molecule has 1 heterocycles. The van der Waals surface area contributed by atoms with Crippen LogP contribution in [-0.4, -0.2) is 4.98 Å². The molecule has 0 unspecified atom stereocenters. The number of nitriles is 1. The summed E-state index contributed by atoms with van der Waals surface area (Å²) in [4.78, 5) is 5.47. The number of anilines is 1. The van der Waals surface area contributed by atoms with E-state index in [4.69, 9.17) is 5.26 Å². The third-order valence-electron chi connectivity index (χ3n) is 2.64. The van der Waals surface area contributed by atoms with Crippen LogP contribution >= 0.6 is 11.3 Å². The number of nitrogens with zero attached hydrogens (tertiary/aromatic N) is 2. The number of thiazole rings is 1. The van der Waals surface area contributed by atoms with Gasteiger partial charge in [-0.05, 0) is 26.0 Å². The molecule has 0 saturated heterocycles. The van der Waals surface area contributed by atoms with Gasteiger partial charge in [0.05, 0.1) is 17.3 Å². The first-order chi connectivity index (χ1) is 8.60. The van der Waals surface area contributed by atoms with Crippen LogP contribution in [0.25, 0.3) is 0 Å². The second-order valence-electron chi connectivity index (χ2n) is 3.93. The van der Waals surface area contributed by atoms with Crippen molar-refractivity contribution in [2.75, 3.05) is 5.32 Å². The average molecular weight is 261 g/mol. The summed E-state index contributed by atoms with van der Waals surface area (Å²) >= 11 is 1.55. The highest BCUT2D eigenvalue weighted by atomic mass is 32.1. The summed E-state index contributed by atoms with van der Waals surface area (Å²) in [5, 5.41) is 12.5.